The van der Waals surface area contributed by atoms with Gasteiger partial charge in [0, 0.05) is 5.56 Å². The smallest absolute Gasteiger partial charge is 0.267 e. The molecule has 0 radical (unpaired) electrons. The zero-order valence-corrected chi connectivity index (χ0v) is 6.98. The fraction of sp³-hybridized carbons (Fsp3) is 0.250. The largest absolute Gasteiger partial charge is 0.504 e. The van der Waals surface area contributed by atoms with Gasteiger partial charge in [-0.15, -0.1) is 0 Å². The molecule has 1 aromatic rings. The van der Waals surface area contributed by atoms with Gasteiger partial charge in [-0.1, -0.05) is 0 Å². The molecule has 0 spiro atoms. The first-order chi connectivity index (χ1) is 6.37. The molecule has 0 heterocycles. The minimum Gasteiger partial charge on any atom is -0.504 e. The highest BCUT2D eigenvalue weighted by molar-refractivity contribution is 5.50. The zero-order valence-electron chi connectivity index (χ0n) is 6.98. The summed E-state index contributed by atoms with van der Waals surface area (Å²) >= 11 is 0. The molecule has 0 aliphatic carbocycles. The maximum atomic E-state index is 12.8. The molecule has 0 aliphatic heterocycles. The van der Waals surface area contributed by atoms with Crippen molar-refractivity contribution in [3.8, 4) is 11.5 Å². The third-order valence-electron chi connectivity index (χ3n) is 1.84. The number of benzene rings is 1. The van der Waals surface area contributed by atoms with E-state index in [-0.39, 0.29) is 0 Å². The number of phenols is 2. The number of aromatic hydroxyl groups is 2. The van der Waals surface area contributed by atoms with E-state index in [0.717, 1.165) is 6.92 Å². The lowest BCUT2D eigenvalue weighted by Gasteiger charge is -2.10. The normalized spacial score (nSPS) is 11.0. The van der Waals surface area contributed by atoms with Crippen LogP contribution < -0.4 is 0 Å². The Morgan fingerprint density at radius 1 is 1.00 bits per heavy atom. The molecule has 0 atom stereocenters. The van der Waals surface area contributed by atoms with Crippen molar-refractivity contribution >= 4 is 0 Å². The van der Waals surface area contributed by atoms with Gasteiger partial charge in [0.05, 0.1) is 5.56 Å². The molecule has 1 rings (SSSR count). The van der Waals surface area contributed by atoms with Crippen LogP contribution in [0.1, 0.15) is 17.6 Å². The van der Waals surface area contributed by atoms with Crippen LogP contribution in [0.5, 0.6) is 11.5 Å². The van der Waals surface area contributed by atoms with Gasteiger partial charge in [0.2, 0.25) is 5.82 Å². The summed E-state index contributed by atoms with van der Waals surface area (Å²) in [6.45, 7) is 0.957. The molecule has 2 N–H and O–H groups in total. The Hall–Kier alpha value is -1.46. The monoisotopic (exact) mass is 210 g/mol. The van der Waals surface area contributed by atoms with Gasteiger partial charge in [-0.05, 0) is 6.92 Å². The second-order valence-corrected chi connectivity index (χ2v) is 2.66. The average molecular weight is 210 g/mol. The molecule has 0 fully saturated rings. The Morgan fingerprint density at radius 2 is 1.50 bits per heavy atom. The summed E-state index contributed by atoms with van der Waals surface area (Å²) in [5.41, 5.74) is -1.81. The summed E-state index contributed by atoms with van der Waals surface area (Å²) in [6.07, 6.45) is -3.25. The second kappa shape index (κ2) is 3.36. The molecule has 78 valence electrons. The molecule has 0 saturated heterocycles. The third-order valence-corrected chi connectivity index (χ3v) is 1.84. The van der Waals surface area contributed by atoms with Crippen LogP contribution in [0.25, 0.3) is 0 Å². The van der Waals surface area contributed by atoms with Crippen molar-refractivity contribution in [2.24, 2.45) is 0 Å². The summed E-state index contributed by atoms with van der Waals surface area (Å²) in [5, 5.41) is 17.7. The first-order valence-electron chi connectivity index (χ1n) is 3.55. The predicted molar refractivity (Wildman–Crippen MR) is 39.4 cm³/mol. The van der Waals surface area contributed by atoms with Gasteiger partial charge in [0.25, 0.3) is 6.43 Å². The molecular weight excluding hydrogens is 204 g/mol. The maximum Gasteiger partial charge on any atom is 0.267 e. The lowest BCUT2D eigenvalue weighted by Crippen LogP contribution is -1.99. The number of rotatable bonds is 1. The van der Waals surface area contributed by atoms with Crippen molar-refractivity contribution in [2.75, 3.05) is 0 Å². The third kappa shape index (κ3) is 1.36. The number of phenolic OH excluding ortho intramolecular Hbond substituents is 2. The van der Waals surface area contributed by atoms with Gasteiger partial charge >= 0.3 is 0 Å². The summed E-state index contributed by atoms with van der Waals surface area (Å²) < 4.78 is 49.9. The van der Waals surface area contributed by atoms with E-state index in [1.165, 1.54) is 0 Å². The van der Waals surface area contributed by atoms with Gasteiger partial charge in [0.1, 0.15) is 0 Å². The van der Waals surface area contributed by atoms with Crippen molar-refractivity contribution in [1.29, 1.82) is 0 Å². The van der Waals surface area contributed by atoms with Crippen LogP contribution in [-0.2, 0) is 0 Å². The molecule has 0 aliphatic rings. The fourth-order valence-electron chi connectivity index (χ4n) is 1.06. The van der Waals surface area contributed by atoms with E-state index in [1.54, 1.807) is 0 Å². The topological polar surface area (TPSA) is 40.5 Å². The lowest BCUT2D eigenvalue weighted by molar-refractivity contribution is 0.143. The standard InChI is InChI=1S/C8H6F4O2/c1-2-3(8(11)12)4(9)5(10)7(14)6(2)13/h8,13-14H,1H3. The van der Waals surface area contributed by atoms with Crippen molar-refractivity contribution < 1.29 is 27.8 Å². The van der Waals surface area contributed by atoms with E-state index in [2.05, 4.69) is 0 Å². The van der Waals surface area contributed by atoms with Crippen LogP contribution in [0, 0.1) is 18.6 Å². The van der Waals surface area contributed by atoms with Crippen LogP contribution in [0.3, 0.4) is 0 Å². The Bertz CT molecular complexity index is 347. The van der Waals surface area contributed by atoms with Gasteiger partial charge in [0.15, 0.2) is 17.3 Å². The molecule has 14 heavy (non-hydrogen) atoms. The van der Waals surface area contributed by atoms with Crippen LogP contribution in [-0.4, -0.2) is 10.2 Å². The first kappa shape index (κ1) is 10.6. The molecule has 6 heteroatoms. The Balaban J connectivity index is 3.60. The van der Waals surface area contributed by atoms with Crippen molar-refractivity contribution in [3.05, 3.63) is 22.8 Å². The Labute approximate surface area is 76.4 Å². The molecule has 0 bridgehead atoms. The van der Waals surface area contributed by atoms with Gasteiger partial charge in [-0.3, -0.25) is 0 Å². The predicted octanol–water partition coefficient (Wildman–Crippen LogP) is 2.62. The number of alkyl halides is 2. The van der Waals surface area contributed by atoms with E-state index in [1.807, 2.05) is 0 Å². The highest BCUT2D eigenvalue weighted by Crippen LogP contribution is 2.39. The quantitative estimate of drug-likeness (QED) is 0.552. The molecule has 0 aromatic heterocycles. The summed E-state index contributed by atoms with van der Waals surface area (Å²) in [5.74, 6) is -6.14. The van der Waals surface area contributed by atoms with Crippen molar-refractivity contribution in [2.45, 2.75) is 13.3 Å². The second-order valence-electron chi connectivity index (χ2n) is 2.66. The van der Waals surface area contributed by atoms with Crippen LogP contribution in [0.2, 0.25) is 0 Å². The minimum absolute atomic E-state index is 0.573. The van der Waals surface area contributed by atoms with E-state index in [4.69, 9.17) is 10.2 Å². The van der Waals surface area contributed by atoms with Crippen LogP contribution in [0.4, 0.5) is 17.6 Å². The van der Waals surface area contributed by atoms with E-state index in [9.17, 15) is 17.6 Å². The van der Waals surface area contributed by atoms with Crippen LogP contribution >= 0.6 is 0 Å². The Kier molecular flexibility index (Phi) is 2.55. The fourth-order valence-corrected chi connectivity index (χ4v) is 1.06. The molecule has 0 saturated carbocycles. The zero-order chi connectivity index (χ0) is 11.0. The van der Waals surface area contributed by atoms with Crippen molar-refractivity contribution in [3.63, 3.8) is 0 Å². The number of hydrogen-bond donors (Lipinski definition) is 2. The lowest BCUT2D eigenvalue weighted by atomic mass is 10.1. The number of halogens is 4. The molecule has 1 aromatic carbocycles. The molecule has 0 amide bonds. The average Bonchev–Trinajstić information content (AvgIpc) is 2.11. The van der Waals surface area contributed by atoms with Crippen molar-refractivity contribution in [1.82, 2.24) is 0 Å². The molecule has 0 unspecified atom stereocenters. The highest BCUT2D eigenvalue weighted by atomic mass is 19.3. The summed E-state index contributed by atoms with van der Waals surface area (Å²) in [7, 11) is 0. The molecule has 2 nitrogen and oxygen atoms in total. The van der Waals surface area contributed by atoms with E-state index < -0.39 is 40.7 Å². The van der Waals surface area contributed by atoms with Gasteiger partial charge in [-0.2, -0.15) is 4.39 Å². The van der Waals surface area contributed by atoms with E-state index >= 15 is 0 Å². The van der Waals surface area contributed by atoms with E-state index in [0.29, 0.717) is 0 Å². The number of hydrogen-bond acceptors (Lipinski definition) is 2. The van der Waals surface area contributed by atoms with Gasteiger partial charge < -0.3 is 10.2 Å². The minimum atomic E-state index is -3.25. The maximum absolute atomic E-state index is 12.8. The first-order valence-corrected chi connectivity index (χ1v) is 3.55. The highest BCUT2D eigenvalue weighted by Gasteiger charge is 2.26. The molecular formula is C8H6F4O2. The van der Waals surface area contributed by atoms with Gasteiger partial charge in [-0.25, -0.2) is 13.2 Å². The Morgan fingerprint density at radius 3 is 1.93 bits per heavy atom. The SMILES string of the molecule is Cc1c(O)c(O)c(F)c(F)c1C(F)F. The summed E-state index contributed by atoms with van der Waals surface area (Å²) in [4.78, 5) is 0. The summed E-state index contributed by atoms with van der Waals surface area (Å²) in [6, 6.07) is 0. The van der Waals surface area contributed by atoms with Crippen LogP contribution in [0.15, 0.2) is 0 Å².